The standard InChI is InChI=1S/C15H30BNO3S/c1-13(2,3)21(18)17-12(11-9-8-10-11)16-19-14(4,5)15(6,7)20-16/h11-12,17H,8-10H2,1-7H3/t12-,21+/m0/s1. The third-order valence-corrected chi connectivity index (χ3v) is 6.62. The fraction of sp³-hybridized carbons (Fsp3) is 1.00. The monoisotopic (exact) mass is 315 g/mol. The maximum Gasteiger partial charge on any atom is 0.477 e. The molecular formula is C15H30BNO3S. The van der Waals surface area contributed by atoms with Gasteiger partial charge in [-0.15, -0.1) is 0 Å². The van der Waals surface area contributed by atoms with Crippen LogP contribution in [0.3, 0.4) is 0 Å². The van der Waals surface area contributed by atoms with Crippen molar-refractivity contribution >= 4 is 18.1 Å². The van der Waals surface area contributed by atoms with Crippen LogP contribution in [-0.2, 0) is 20.3 Å². The Morgan fingerprint density at radius 3 is 1.95 bits per heavy atom. The van der Waals surface area contributed by atoms with Gasteiger partial charge in [-0.2, -0.15) is 0 Å². The van der Waals surface area contributed by atoms with Gasteiger partial charge >= 0.3 is 7.12 Å². The molecule has 1 heterocycles. The van der Waals surface area contributed by atoms with Crippen LogP contribution in [0.4, 0.5) is 0 Å². The van der Waals surface area contributed by atoms with Gasteiger partial charge in [-0.3, -0.25) is 0 Å². The van der Waals surface area contributed by atoms with E-state index in [-0.39, 0.29) is 29.0 Å². The summed E-state index contributed by atoms with van der Waals surface area (Å²) in [5.74, 6) is 0.492. The minimum Gasteiger partial charge on any atom is -0.402 e. The van der Waals surface area contributed by atoms with Crippen LogP contribution in [0.1, 0.15) is 67.7 Å². The highest BCUT2D eigenvalue weighted by Gasteiger charge is 2.56. The maximum absolute atomic E-state index is 12.5. The van der Waals surface area contributed by atoms with Crippen LogP contribution in [0, 0.1) is 5.92 Å². The van der Waals surface area contributed by atoms with Gasteiger partial charge < -0.3 is 9.31 Å². The van der Waals surface area contributed by atoms with Gasteiger partial charge in [0.05, 0.1) is 32.9 Å². The Balaban J connectivity index is 2.13. The molecule has 2 fully saturated rings. The summed E-state index contributed by atoms with van der Waals surface area (Å²) in [6.45, 7) is 14.2. The molecule has 0 unspecified atom stereocenters. The molecule has 0 aromatic carbocycles. The van der Waals surface area contributed by atoms with Gasteiger partial charge in [-0.1, -0.05) is 6.42 Å². The normalized spacial score (nSPS) is 28.2. The third kappa shape index (κ3) is 3.54. The highest BCUT2D eigenvalue weighted by Crippen LogP contribution is 2.41. The van der Waals surface area contributed by atoms with Crippen LogP contribution in [0.15, 0.2) is 0 Å². The Bertz CT molecular complexity index is 400. The second-order valence-corrected chi connectivity index (χ2v) is 10.3. The molecule has 1 aliphatic carbocycles. The van der Waals surface area contributed by atoms with Crippen molar-refractivity contribution in [3.63, 3.8) is 0 Å². The molecule has 1 aliphatic heterocycles. The molecule has 0 spiro atoms. The second kappa shape index (κ2) is 5.62. The van der Waals surface area contributed by atoms with Crippen LogP contribution < -0.4 is 4.72 Å². The summed E-state index contributed by atoms with van der Waals surface area (Å²) < 4.78 is 27.9. The Hall–Kier alpha value is 0.0949. The van der Waals surface area contributed by atoms with Crippen molar-refractivity contribution in [1.82, 2.24) is 4.72 Å². The molecule has 0 amide bonds. The summed E-state index contributed by atoms with van der Waals surface area (Å²) in [6, 6.07) is 0. The molecule has 122 valence electrons. The van der Waals surface area contributed by atoms with Gasteiger partial charge in [0.1, 0.15) is 0 Å². The Morgan fingerprint density at radius 2 is 1.62 bits per heavy atom. The SMILES string of the molecule is CC(C)(C)[S@@](=O)N[C@H](B1OC(C)(C)C(C)(C)O1)C1CCC1. The van der Waals surface area contributed by atoms with E-state index in [1.165, 1.54) is 6.42 Å². The topological polar surface area (TPSA) is 47.6 Å². The summed E-state index contributed by atoms with van der Waals surface area (Å²) in [5, 5.41) is 0. The van der Waals surface area contributed by atoms with E-state index >= 15 is 0 Å². The zero-order chi connectivity index (χ0) is 16.1. The molecule has 0 aromatic rings. The van der Waals surface area contributed by atoms with Crippen LogP contribution in [0.2, 0.25) is 0 Å². The summed E-state index contributed by atoms with van der Waals surface area (Å²) in [4.78, 5) is 0. The van der Waals surface area contributed by atoms with Gasteiger partial charge in [-0.05, 0) is 67.2 Å². The Labute approximate surface area is 132 Å². The molecule has 0 aromatic heterocycles. The lowest BCUT2D eigenvalue weighted by Gasteiger charge is -2.36. The number of hydrogen-bond donors (Lipinski definition) is 1. The largest absolute Gasteiger partial charge is 0.477 e. The molecule has 4 nitrogen and oxygen atoms in total. The predicted octanol–water partition coefficient (Wildman–Crippen LogP) is 2.84. The molecule has 1 saturated heterocycles. The molecule has 6 heteroatoms. The summed E-state index contributed by atoms with van der Waals surface area (Å²) in [7, 11) is -1.44. The lowest BCUT2D eigenvalue weighted by Crippen LogP contribution is -2.54. The number of nitrogens with one attached hydrogen (secondary N) is 1. The van der Waals surface area contributed by atoms with Gasteiger partial charge in [0.25, 0.3) is 0 Å². The minimum absolute atomic E-state index is 0.000131. The molecule has 2 rings (SSSR count). The molecule has 21 heavy (non-hydrogen) atoms. The average Bonchev–Trinajstić information content (AvgIpc) is 2.43. The van der Waals surface area contributed by atoms with E-state index in [0.717, 1.165) is 12.8 Å². The van der Waals surface area contributed by atoms with Gasteiger partial charge in [-0.25, -0.2) is 8.93 Å². The van der Waals surface area contributed by atoms with E-state index in [2.05, 4.69) is 32.4 Å². The summed E-state index contributed by atoms with van der Waals surface area (Å²) >= 11 is 0. The van der Waals surface area contributed by atoms with Gasteiger partial charge in [0, 0.05) is 0 Å². The molecular weight excluding hydrogens is 285 g/mol. The highest BCUT2D eigenvalue weighted by molar-refractivity contribution is 7.84. The van der Waals surface area contributed by atoms with Crippen molar-refractivity contribution in [2.24, 2.45) is 5.92 Å². The summed E-state index contributed by atoms with van der Waals surface area (Å²) in [6.07, 6.45) is 3.55. The van der Waals surface area contributed by atoms with Crippen LogP contribution >= 0.6 is 0 Å². The predicted molar refractivity (Wildman–Crippen MR) is 88.2 cm³/mol. The maximum atomic E-state index is 12.5. The number of rotatable bonds is 4. The van der Waals surface area contributed by atoms with E-state index in [0.29, 0.717) is 5.92 Å². The van der Waals surface area contributed by atoms with Crippen molar-refractivity contribution < 1.29 is 13.5 Å². The van der Waals surface area contributed by atoms with E-state index in [1.807, 2.05) is 20.8 Å². The fourth-order valence-corrected chi connectivity index (χ4v) is 3.41. The molecule has 2 aliphatic rings. The first-order chi connectivity index (χ1) is 9.44. The quantitative estimate of drug-likeness (QED) is 0.812. The Morgan fingerprint density at radius 1 is 1.14 bits per heavy atom. The third-order valence-electron chi connectivity index (χ3n) is 5.02. The fourth-order valence-electron chi connectivity index (χ4n) is 2.51. The average molecular weight is 315 g/mol. The van der Waals surface area contributed by atoms with E-state index in [9.17, 15) is 4.21 Å². The zero-order valence-electron chi connectivity index (χ0n) is 14.5. The van der Waals surface area contributed by atoms with Gasteiger partial charge in [0.15, 0.2) is 0 Å². The van der Waals surface area contributed by atoms with Crippen molar-refractivity contribution in [3.05, 3.63) is 0 Å². The van der Waals surface area contributed by atoms with Crippen molar-refractivity contribution in [1.29, 1.82) is 0 Å². The zero-order valence-corrected chi connectivity index (χ0v) is 15.3. The first-order valence-corrected chi connectivity index (χ1v) is 9.13. The lowest BCUT2D eigenvalue weighted by molar-refractivity contribution is 0.00578. The smallest absolute Gasteiger partial charge is 0.402 e. The van der Waals surface area contributed by atoms with Crippen molar-refractivity contribution in [3.8, 4) is 0 Å². The molecule has 2 atom stereocenters. The van der Waals surface area contributed by atoms with Gasteiger partial charge in [0.2, 0.25) is 0 Å². The van der Waals surface area contributed by atoms with E-state index < -0.39 is 11.0 Å². The minimum atomic E-state index is -1.11. The second-order valence-electron chi connectivity index (χ2n) is 8.34. The highest BCUT2D eigenvalue weighted by atomic mass is 32.2. The van der Waals surface area contributed by atoms with E-state index in [4.69, 9.17) is 9.31 Å². The first-order valence-electron chi connectivity index (χ1n) is 7.98. The molecule has 0 bridgehead atoms. The van der Waals surface area contributed by atoms with Crippen LogP contribution in [-0.4, -0.2) is 33.2 Å². The molecule has 1 saturated carbocycles. The van der Waals surface area contributed by atoms with Crippen molar-refractivity contribution in [2.45, 2.75) is 89.6 Å². The number of hydrogen-bond acceptors (Lipinski definition) is 3. The first kappa shape index (κ1) is 17.4. The Kier molecular flexibility index (Phi) is 4.67. The van der Waals surface area contributed by atoms with E-state index in [1.54, 1.807) is 0 Å². The van der Waals surface area contributed by atoms with Crippen LogP contribution in [0.25, 0.3) is 0 Å². The molecule has 0 radical (unpaired) electrons. The molecule has 1 N–H and O–H groups in total. The van der Waals surface area contributed by atoms with Crippen molar-refractivity contribution in [2.75, 3.05) is 0 Å². The van der Waals surface area contributed by atoms with Crippen LogP contribution in [0.5, 0.6) is 0 Å². The summed E-state index contributed by atoms with van der Waals surface area (Å²) in [5.41, 5.74) is -0.685. The lowest BCUT2D eigenvalue weighted by atomic mass is 9.64.